The van der Waals surface area contributed by atoms with E-state index in [0.29, 0.717) is 19.6 Å². The van der Waals surface area contributed by atoms with Crippen molar-refractivity contribution >= 4 is 6.09 Å². The molecule has 20 heavy (non-hydrogen) atoms. The lowest BCUT2D eigenvalue weighted by atomic mass is 10.2. The molecule has 0 bridgehead atoms. The predicted octanol–water partition coefficient (Wildman–Crippen LogP) is 1.50. The zero-order chi connectivity index (χ0) is 15.6. The van der Waals surface area contributed by atoms with Gasteiger partial charge in [0.15, 0.2) is 0 Å². The second-order valence-corrected chi connectivity index (χ2v) is 5.61. The average Bonchev–Trinajstić information content (AvgIpc) is 2.30. The van der Waals surface area contributed by atoms with Gasteiger partial charge < -0.3 is 20.1 Å². The van der Waals surface area contributed by atoms with Crippen LogP contribution in [0.15, 0.2) is 5.11 Å². The predicted molar refractivity (Wildman–Crippen MR) is 76.4 cm³/mol. The Morgan fingerprint density at radius 1 is 1.55 bits per heavy atom. The van der Waals surface area contributed by atoms with Crippen molar-refractivity contribution in [1.82, 2.24) is 10.2 Å². The van der Waals surface area contributed by atoms with Gasteiger partial charge in [0, 0.05) is 24.5 Å². The van der Waals surface area contributed by atoms with Gasteiger partial charge in [0.05, 0.1) is 6.10 Å². The van der Waals surface area contributed by atoms with Gasteiger partial charge in [-0.15, -0.1) is 0 Å². The van der Waals surface area contributed by atoms with Crippen LogP contribution < -0.4 is 5.32 Å². The largest absolute Gasteiger partial charge is 0.444 e. The number of aliphatic hydroxyl groups is 1. The van der Waals surface area contributed by atoms with E-state index < -0.39 is 17.8 Å². The Hall–Kier alpha value is -1.50. The van der Waals surface area contributed by atoms with Crippen LogP contribution in [0, 0.1) is 0 Å². The Balaban J connectivity index is 3.79. The Morgan fingerprint density at radius 3 is 2.75 bits per heavy atom. The molecule has 0 rings (SSSR count). The van der Waals surface area contributed by atoms with Crippen molar-refractivity contribution in [3.05, 3.63) is 10.4 Å². The highest BCUT2D eigenvalue weighted by Crippen LogP contribution is 2.06. The summed E-state index contributed by atoms with van der Waals surface area (Å²) in [5.74, 6) is 0. The number of hydrogen-bond donors (Lipinski definition) is 2. The molecule has 0 aliphatic heterocycles. The van der Waals surface area contributed by atoms with Gasteiger partial charge in [-0.1, -0.05) is 5.11 Å². The highest BCUT2D eigenvalue weighted by atomic mass is 16.6. The van der Waals surface area contributed by atoms with Crippen LogP contribution in [0.5, 0.6) is 0 Å². The summed E-state index contributed by atoms with van der Waals surface area (Å²) in [7, 11) is 1.85. The van der Waals surface area contributed by atoms with E-state index >= 15 is 0 Å². The molecule has 0 aromatic carbocycles. The summed E-state index contributed by atoms with van der Waals surface area (Å²) in [6.45, 7) is 7.04. The van der Waals surface area contributed by atoms with Crippen LogP contribution in [-0.2, 0) is 4.74 Å². The first-order valence-corrected chi connectivity index (χ1v) is 6.59. The van der Waals surface area contributed by atoms with Gasteiger partial charge in [-0.05, 0) is 46.3 Å². The molecule has 2 N–H and O–H groups in total. The number of alkyl carbamates (subject to hydrolysis) is 1. The third-order valence-electron chi connectivity index (χ3n) is 2.26. The van der Waals surface area contributed by atoms with E-state index in [1.165, 1.54) is 0 Å². The van der Waals surface area contributed by atoms with Crippen molar-refractivity contribution in [3.8, 4) is 0 Å². The lowest BCUT2D eigenvalue weighted by Gasteiger charge is -2.22. The molecule has 0 radical (unpaired) electrons. The number of carbonyl (C=O) groups excluding carboxylic acids is 1. The molecule has 0 heterocycles. The number of hydrogen-bond acceptors (Lipinski definition) is 5. The quantitative estimate of drug-likeness (QED) is 0.305. The van der Waals surface area contributed by atoms with Crippen molar-refractivity contribution in [1.29, 1.82) is 0 Å². The summed E-state index contributed by atoms with van der Waals surface area (Å²) < 4.78 is 5.06. The van der Waals surface area contributed by atoms with Crippen LogP contribution in [0.3, 0.4) is 0 Å². The highest BCUT2D eigenvalue weighted by molar-refractivity contribution is 5.67. The van der Waals surface area contributed by atoms with E-state index in [0.717, 1.165) is 6.42 Å². The van der Waals surface area contributed by atoms with Gasteiger partial charge >= 0.3 is 6.09 Å². The van der Waals surface area contributed by atoms with Crippen LogP contribution in [0.25, 0.3) is 10.4 Å². The van der Waals surface area contributed by atoms with E-state index in [1.54, 1.807) is 20.8 Å². The molecule has 0 aromatic rings. The SMILES string of the molecule is CN(CCCN=[N+]=[N-])C[C@@H](O)CNC(=O)OC(C)(C)C. The number of aliphatic hydroxyl groups excluding tert-OH is 1. The molecule has 0 aliphatic rings. The Kier molecular flexibility index (Phi) is 8.71. The van der Waals surface area contributed by atoms with Crippen molar-refractivity contribution in [2.45, 2.75) is 38.9 Å². The third-order valence-corrected chi connectivity index (χ3v) is 2.26. The maximum atomic E-state index is 11.4. The molecule has 1 atom stereocenters. The van der Waals surface area contributed by atoms with Crippen LogP contribution in [0.4, 0.5) is 4.79 Å². The van der Waals surface area contributed by atoms with E-state index in [4.69, 9.17) is 10.3 Å². The summed E-state index contributed by atoms with van der Waals surface area (Å²) in [5.41, 5.74) is 7.58. The fourth-order valence-corrected chi connectivity index (χ4v) is 1.49. The third kappa shape index (κ3) is 11.6. The maximum Gasteiger partial charge on any atom is 0.407 e. The minimum absolute atomic E-state index is 0.135. The Bertz CT molecular complexity index is 336. The Morgan fingerprint density at radius 2 is 2.20 bits per heavy atom. The summed E-state index contributed by atoms with van der Waals surface area (Å²) in [5, 5.41) is 15.7. The fraction of sp³-hybridized carbons (Fsp3) is 0.917. The molecule has 0 saturated heterocycles. The normalized spacial score (nSPS) is 12.7. The van der Waals surface area contributed by atoms with Crippen molar-refractivity contribution in [2.24, 2.45) is 5.11 Å². The molecule has 1 amide bonds. The second-order valence-electron chi connectivity index (χ2n) is 5.61. The number of nitrogens with zero attached hydrogens (tertiary/aromatic N) is 4. The first-order chi connectivity index (χ1) is 9.24. The summed E-state index contributed by atoms with van der Waals surface area (Å²) in [6, 6.07) is 0. The number of amides is 1. The lowest BCUT2D eigenvalue weighted by Crippen LogP contribution is -2.41. The molecule has 0 aliphatic carbocycles. The van der Waals surface area contributed by atoms with Crippen LogP contribution in [-0.4, -0.2) is 61.0 Å². The first kappa shape index (κ1) is 18.5. The number of likely N-dealkylation sites (N-methyl/N-ethyl adjacent to an activating group) is 1. The molecule has 0 unspecified atom stereocenters. The second kappa shape index (κ2) is 9.41. The fourth-order valence-electron chi connectivity index (χ4n) is 1.49. The van der Waals surface area contributed by atoms with E-state index in [-0.39, 0.29) is 6.54 Å². The van der Waals surface area contributed by atoms with Crippen LogP contribution in [0.1, 0.15) is 27.2 Å². The number of nitrogens with one attached hydrogen (secondary N) is 1. The highest BCUT2D eigenvalue weighted by Gasteiger charge is 2.17. The zero-order valence-electron chi connectivity index (χ0n) is 12.7. The molecule has 0 fully saturated rings. The maximum absolute atomic E-state index is 11.4. The number of azide groups is 1. The van der Waals surface area contributed by atoms with Crippen molar-refractivity contribution < 1.29 is 14.6 Å². The van der Waals surface area contributed by atoms with Gasteiger partial charge in [-0.2, -0.15) is 0 Å². The summed E-state index contributed by atoms with van der Waals surface area (Å²) >= 11 is 0. The Labute approximate surface area is 119 Å². The summed E-state index contributed by atoms with van der Waals surface area (Å²) in [6.07, 6.45) is -0.484. The molecule has 8 heteroatoms. The molecular formula is C12H25N5O3. The average molecular weight is 287 g/mol. The van der Waals surface area contributed by atoms with Crippen molar-refractivity contribution in [3.63, 3.8) is 0 Å². The molecule has 0 saturated carbocycles. The van der Waals surface area contributed by atoms with Gasteiger partial charge in [-0.3, -0.25) is 0 Å². The van der Waals surface area contributed by atoms with Crippen LogP contribution >= 0.6 is 0 Å². The zero-order valence-corrected chi connectivity index (χ0v) is 12.7. The molecular weight excluding hydrogens is 262 g/mol. The number of ether oxygens (including phenoxy) is 1. The molecule has 0 aromatic heterocycles. The topological polar surface area (TPSA) is 111 Å². The minimum Gasteiger partial charge on any atom is -0.444 e. The molecule has 8 nitrogen and oxygen atoms in total. The smallest absolute Gasteiger partial charge is 0.407 e. The van der Waals surface area contributed by atoms with Gasteiger partial charge in [0.2, 0.25) is 0 Å². The number of carbonyl (C=O) groups is 1. The van der Waals surface area contributed by atoms with Crippen LogP contribution in [0.2, 0.25) is 0 Å². The first-order valence-electron chi connectivity index (χ1n) is 6.59. The van der Waals surface area contributed by atoms with E-state index in [9.17, 15) is 9.90 Å². The van der Waals surface area contributed by atoms with Crippen molar-refractivity contribution in [2.75, 3.05) is 33.2 Å². The molecule has 0 spiro atoms. The van der Waals surface area contributed by atoms with E-state index in [1.807, 2.05) is 11.9 Å². The van der Waals surface area contributed by atoms with Gasteiger partial charge in [-0.25, -0.2) is 4.79 Å². The van der Waals surface area contributed by atoms with Gasteiger partial charge in [0.1, 0.15) is 5.60 Å². The summed E-state index contributed by atoms with van der Waals surface area (Å²) in [4.78, 5) is 16.0. The molecule has 116 valence electrons. The minimum atomic E-state index is -0.674. The monoisotopic (exact) mass is 287 g/mol. The van der Waals surface area contributed by atoms with E-state index in [2.05, 4.69) is 15.3 Å². The standard InChI is InChI=1S/C12H25N5O3/c1-12(2,3)20-11(19)14-8-10(18)9-17(4)7-5-6-15-16-13/h10,18H,5-9H2,1-4H3,(H,14,19)/t10-/m0/s1. The van der Waals surface area contributed by atoms with Gasteiger partial charge in [0.25, 0.3) is 0 Å². The lowest BCUT2D eigenvalue weighted by molar-refractivity contribution is 0.0475. The number of rotatable bonds is 8.